The Morgan fingerprint density at radius 1 is 0.333 bits per heavy atom. The second-order valence-electron chi connectivity index (χ2n) is 17.8. The average molecular weight is 881 g/mol. The topological polar surface area (TPSA) is 78.9 Å². The van der Waals surface area contributed by atoms with Crippen molar-refractivity contribution in [1.82, 2.24) is 0 Å². The van der Waals surface area contributed by atoms with Crippen molar-refractivity contribution in [3.8, 4) is 0 Å². The Morgan fingerprint density at radius 2 is 0.619 bits per heavy atom. The van der Waals surface area contributed by atoms with Crippen LogP contribution in [0, 0.1) is 0 Å². The van der Waals surface area contributed by atoms with E-state index < -0.39 is 6.10 Å². The molecule has 0 unspecified atom stereocenters. The number of hydrogen-bond acceptors (Lipinski definition) is 6. The largest absolute Gasteiger partial charge is 0.462 e. The maximum atomic E-state index is 12.8. The lowest BCUT2D eigenvalue weighted by molar-refractivity contribution is -0.167. The van der Waals surface area contributed by atoms with Crippen molar-refractivity contribution < 1.29 is 28.6 Å². The number of carbonyl (C=O) groups excluding carboxylic acids is 3. The molecule has 0 radical (unpaired) electrons. The Balaban J connectivity index is 4.43. The molecular formula is C57H100O6. The van der Waals surface area contributed by atoms with Crippen LogP contribution in [0.2, 0.25) is 0 Å². The molecule has 63 heavy (non-hydrogen) atoms. The SMILES string of the molecule is CC/C=C\C/C=C\C/C=C\C/C=C\CCCCC(=O)OC[C@H](COC(=O)CCCCCCCCCCCCCCC)OC(=O)CCCCCCCCC/C=C\CCCCCCCC. The number of ether oxygens (including phenoxy) is 3. The molecule has 0 heterocycles. The normalized spacial score (nSPS) is 12.5. The van der Waals surface area contributed by atoms with Gasteiger partial charge >= 0.3 is 17.9 Å². The number of rotatable bonds is 48. The molecule has 0 aliphatic rings. The quantitative estimate of drug-likeness (QED) is 0.0262. The summed E-state index contributed by atoms with van der Waals surface area (Å²) in [5.41, 5.74) is 0. The van der Waals surface area contributed by atoms with Gasteiger partial charge < -0.3 is 14.2 Å². The van der Waals surface area contributed by atoms with Crippen molar-refractivity contribution in [2.24, 2.45) is 0 Å². The van der Waals surface area contributed by atoms with E-state index >= 15 is 0 Å². The standard InChI is InChI=1S/C57H100O6/c1-4-7-10-13-16-19-22-25-27-28-30-33-36-39-42-45-48-51-57(60)63-54(52-61-55(58)49-46-43-40-37-34-31-24-21-18-15-12-9-6-3)53-62-56(59)50-47-44-41-38-35-32-29-26-23-20-17-14-11-8-5-2/h8,11,17,20,25-27,29,35,38,54H,4-7,9-10,12-16,18-19,21-24,28,30-34,36-37,39-53H2,1-3H3/b11-8-,20-17-,27-25-,29-26-,38-35-/t54-/m0/s1. The fraction of sp³-hybridized carbons (Fsp3) is 0.772. The van der Waals surface area contributed by atoms with E-state index in [-0.39, 0.29) is 31.1 Å². The van der Waals surface area contributed by atoms with Crippen molar-refractivity contribution >= 4 is 17.9 Å². The molecule has 0 N–H and O–H groups in total. The zero-order chi connectivity index (χ0) is 45.8. The molecule has 1 atom stereocenters. The van der Waals surface area contributed by atoms with E-state index in [0.29, 0.717) is 19.3 Å². The van der Waals surface area contributed by atoms with Crippen LogP contribution in [0.4, 0.5) is 0 Å². The fourth-order valence-electron chi connectivity index (χ4n) is 7.49. The van der Waals surface area contributed by atoms with Gasteiger partial charge in [0.25, 0.3) is 0 Å². The molecule has 0 bridgehead atoms. The minimum atomic E-state index is -0.790. The predicted molar refractivity (Wildman–Crippen MR) is 270 cm³/mol. The van der Waals surface area contributed by atoms with Gasteiger partial charge in [-0.15, -0.1) is 0 Å². The first-order chi connectivity index (χ1) is 31.0. The molecule has 0 saturated heterocycles. The lowest BCUT2D eigenvalue weighted by atomic mass is 10.0. The van der Waals surface area contributed by atoms with Crippen LogP contribution in [0.3, 0.4) is 0 Å². The van der Waals surface area contributed by atoms with E-state index in [1.807, 2.05) is 0 Å². The molecule has 0 aliphatic carbocycles. The van der Waals surface area contributed by atoms with Gasteiger partial charge in [-0.2, -0.15) is 0 Å². The van der Waals surface area contributed by atoms with E-state index in [4.69, 9.17) is 14.2 Å². The summed E-state index contributed by atoms with van der Waals surface area (Å²) < 4.78 is 16.8. The molecule has 0 amide bonds. The fourth-order valence-corrected chi connectivity index (χ4v) is 7.49. The van der Waals surface area contributed by atoms with Gasteiger partial charge in [0, 0.05) is 19.3 Å². The van der Waals surface area contributed by atoms with Crippen molar-refractivity contribution in [3.05, 3.63) is 60.8 Å². The Kier molecular flexibility index (Phi) is 49.4. The highest BCUT2D eigenvalue weighted by Crippen LogP contribution is 2.15. The number of carbonyl (C=O) groups is 3. The minimum Gasteiger partial charge on any atom is -0.462 e. The zero-order valence-corrected chi connectivity index (χ0v) is 41.6. The first kappa shape index (κ1) is 60.1. The summed E-state index contributed by atoms with van der Waals surface area (Å²) in [6.07, 6.45) is 63.5. The van der Waals surface area contributed by atoms with Gasteiger partial charge in [0.1, 0.15) is 13.2 Å². The van der Waals surface area contributed by atoms with Crippen LogP contribution in [-0.2, 0) is 28.6 Å². The Bertz CT molecular complexity index is 1150. The maximum Gasteiger partial charge on any atom is 0.306 e. The maximum absolute atomic E-state index is 12.8. The van der Waals surface area contributed by atoms with Crippen LogP contribution in [-0.4, -0.2) is 37.2 Å². The van der Waals surface area contributed by atoms with E-state index in [1.165, 1.54) is 141 Å². The highest BCUT2D eigenvalue weighted by molar-refractivity contribution is 5.71. The summed E-state index contributed by atoms with van der Waals surface area (Å²) in [6.45, 7) is 6.49. The molecule has 6 heteroatoms. The van der Waals surface area contributed by atoms with Gasteiger partial charge in [-0.1, -0.05) is 223 Å². The van der Waals surface area contributed by atoms with Gasteiger partial charge in [-0.05, 0) is 83.5 Å². The van der Waals surface area contributed by atoms with E-state index in [2.05, 4.69) is 81.5 Å². The summed E-state index contributed by atoms with van der Waals surface area (Å²) in [5.74, 6) is -0.927. The third-order valence-corrected chi connectivity index (χ3v) is 11.5. The smallest absolute Gasteiger partial charge is 0.306 e. The van der Waals surface area contributed by atoms with Gasteiger partial charge in [0.05, 0.1) is 0 Å². The zero-order valence-electron chi connectivity index (χ0n) is 41.6. The number of allylic oxidation sites excluding steroid dienone is 10. The molecule has 0 aliphatic heterocycles. The number of hydrogen-bond donors (Lipinski definition) is 0. The van der Waals surface area contributed by atoms with E-state index in [0.717, 1.165) is 83.5 Å². The van der Waals surface area contributed by atoms with Crippen LogP contribution in [0.15, 0.2) is 60.8 Å². The summed E-state index contributed by atoms with van der Waals surface area (Å²) in [6, 6.07) is 0. The number of esters is 3. The molecule has 0 aromatic rings. The second-order valence-corrected chi connectivity index (χ2v) is 17.8. The van der Waals surface area contributed by atoms with Crippen molar-refractivity contribution in [2.75, 3.05) is 13.2 Å². The van der Waals surface area contributed by atoms with Gasteiger partial charge in [0.2, 0.25) is 0 Å². The molecule has 0 rings (SSSR count). The highest BCUT2D eigenvalue weighted by Gasteiger charge is 2.19. The van der Waals surface area contributed by atoms with Crippen LogP contribution in [0.25, 0.3) is 0 Å². The number of unbranched alkanes of at least 4 members (excludes halogenated alkanes) is 27. The summed E-state index contributed by atoms with van der Waals surface area (Å²) in [5, 5.41) is 0. The van der Waals surface area contributed by atoms with Crippen LogP contribution >= 0.6 is 0 Å². The monoisotopic (exact) mass is 881 g/mol. The van der Waals surface area contributed by atoms with E-state index in [9.17, 15) is 14.4 Å². The lowest BCUT2D eigenvalue weighted by Gasteiger charge is -2.18. The lowest BCUT2D eigenvalue weighted by Crippen LogP contribution is -2.30. The first-order valence-corrected chi connectivity index (χ1v) is 26.8. The van der Waals surface area contributed by atoms with Crippen LogP contribution in [0.1, 0.15) is 265 Å². The second kappa shape index (κ2) is 51.7. The minimum absolute atomic E-state index is 0.0869. The van der Waals surface area contributed by atoms with Crippen LogP contribution in [0.5, 0.6) is 0 Å². The molecule has 0 fully saturated rings. The van der Waals surface area contributed by atoms with Crippen molar-refractivity contribution in [1.29, 1.82) is 0 Å². The third-order valence-electron chi connectivity index (χ3n) is 11.5. The molecule has 364 valence electrons. The van der Waals surface area contributed by atoms with Gasteiger partial charge in [-0.3, -0.25) is 14.4 Å². The van der Waals surface area contributed by atoms with Crippen molar-refractivity contribution in [3.63, 3.8) is 0 Å². The predicted octanol–water partition coefficient (Wildman–Crippen LogP) is 17.6. The van der Waals surface area contributed by atoms with Gasteiger partial charge in [-0.25, -0.2) is 0 Å². The molecule has 0 saturated carbocycles. The molecule has 0 aromatic carbocycles. The van der Waals surface area contributed by atoms with E-state index in [1.54, 1.807) is 0 Å². The average Bonchev–Trinajstić information content (AvgIpc) is 3.28. The molecule has 0 aromatic heterocycles. The van der Waals surface area contributed by atoms with Gasteiger partial charge in [0.15, 0.2) is 6.10 Å². The third kappa shape index (κ3) is 50.0. The molecule has 0 spiro atoms. The first-order valence-electron chi connectivity index (χ1n) is 26.8. The Morgan fingerprint density at radius 3 is 1.02 bits per heavy atom. The Hall–Kier alpha value is -2.89. The summed E-state index contributed by atoms with van der Waals surface area (Å²) in [7, 11) is 0. The Labute approximate surface area is 390 Å². The summed E-state index contributed by atoms with van der Waals surface area (Å²) >= 11 is 0. The van der Waals surface area contributed by atoms with Crippen LogP contribution < -0.4 is 0 Å². The molecule has 6 nitrogen and oxygen atoms in total. The highest BCUT2D eigenvalue weighted by atomic mass is 16.6. The molecular weight excluding hydrogens is 781 g/mol. The summed E-state index contributed by atoms with van der Waals surface area (Å²) in [4.78, 5) is 38.0. The van der Waals surface area contributed by atoms with Crippen molar-refractivity contribution in [2.45, 2.75) is 271 Å².